The Bertz CT molecular complexity index is 1130. The quantitative estimate of drug-likeness (QED) is 0.578. The molecular weight excluding hydrogens is 425 g/mol. The number of hydrogen-bond acceptors (Lipinski definition) is 4. The van der Waals surface area contributed by atoms with Crippen LogP contribution in [0.5, 0.6) is 0 Å². The van der Waals surface area contributed by atoms with E-state index in [9.17, 15) is 9.59 Å². The summed E-state index contributed by atoms with van der Waals surface area (Å²) < 4.78 is 5.30. The summed E-state index contributed by atoms with van der Waals surface area (Å²) in [4.78, 5) is 29.5. The molecule has 154 valence electrons. The molecule has 0 radical (unpaired) electrons. The molecule has 0 unspecified atom stereocenters. The number of amides is 2. The van der Waals surface area contributed by atoms with Crippen LogP contribution in [0, 0.1) is 6.92 Å². The first-order chi connectivity index (χ1) is 14.4. The molecule has 1 aliphatic rings. The lowest BCUT2D eigenvalue weighted by molar-refractivity contribution is -0.120. The smallest absolute Gasteiger partial charge is 0.260 e. The van der Waals surface area contributed by atoms with Gasteiger partial charge < -0.3 is 14.3 Å². The highest BCUT2D eigenvalue weighted by Crippen LogP contribution is 2.34. The summed E-state index contributed by atoms with van der Waals surface area (Å²) in [6.45, 7) is 2.14. The Labute approximate surface area is 184 Å². The zero-order valence-electron chi connectivity index (χ0n) is 16.4. The summed E-state index contributed by atoms with van der Waals surface area (Å²) in [5, 5.41) is 5.01. The van der Waals surface area contributed by atoms with Gasteiger partial charge in [-0.2, -0.15) is 0 Å². The maximum absolute atomic E-state index is 13.4. The average molecular weight is 444 g/mol. The molecule has 0 bridgehead atoms. The topological polar surface area (TPSA) is 66.7 Å². The summed E-state index contributed by atoms with van der Waals surface area (Å²) in [7, 11) is 1.61. The fourth-order valence-electron chi connectivity index (χ4n) is 3.71. The third kappa shape index (κ3) is 3.46. The molecular formula is C22H19Cl2N3O3. The molecule has 30 heavy (non-hydrogen) atoms. The summed E-state index contributed by atoms with van der Waals surface area (Å²) in [5.74, 6) is -0.148. The molecule has 3 aromatic rings. The molecule has 1 atom stereocenters. The number of aromatic nitrogens is 1. The van der Waals surface area contributed by atoms with Gasteiger partial charge in [-0.25, -0.2) is 0 Å². The highest BCUT2D eigenvalue weighted by molar-refractivity contribution is 6.34. The summed E-state index contributed by atoms with van der Waals surface area (Å²) in [6, 6.07) is 13.7. The zero-order chi connectivity index (χ0) is 21.4. The first-order valence-corrected chi connectivity index (χ1v) is 10.2. The van der Waals surface area contributed by atoms with Crippen molar-refractivity contribution < 1.29 is 14.1 Å². The molecule has 2 heterocycles. The Morgan fingerprint density at radius 3 is 2.50 bits per heavy atom. The van der Waals surface area contributed by atoms with Gasteiger partial charge in [0.15, 0.2) is 0 Å². The van der Waals surface area contributed by atoms with Crippen molar-refractivity contribution in [3.8, 4) is 11.3 Å². The standard InChI is InChI=1S/C22H19Cl2N3O3/c1-13-19(20(25-30-13)14-7-3-4-8-15(14)23)22(29)26(2)18-11-12-27(21(18)28)17-10-6-5-9-16(17)24/h3-10,18H,11-12H2,1-2H3/t18-/m1/s1. The number of hydrogen-bond donors (Lipinski definition) is 0. The van der Waals surface area contributed by atoms with Crippen molar-refractivity contribution in [3.05, 3.63) is 69.9 Å². The van der Waals surface area contributed by atoms with Crippen molar-refractivity contribution in [2.75, 3.05) is 18.5 Å². The number of rotatable bonds is 4. The number of anilines is 1. The van der Waals surface area contributed by atoms with E-state index in [1.165, 1.54) is 4.90 Å². The molecule has 1 aromatic heterocycles. The second-order valence-electron chi connectivity index (χ2n) is 7.10. The number of carbonyl (C=O) groups excluding carboxylic acids is 2. The molecule has 0 spiro atoms. The molecule has 8 heteroatoms. The lowest BCUT2D eigenvalue weighted by Crippen LogP contribution is -2.43. The molecule has 0 aliphatic carbocycles. The van der Waals surface area contributed by atoms with E-state index >= 15 is 0 Å². The van der Waals surface area contributed by atoms with Gasteiger partial charge in [-0.1, -0.05) is 58.7 Å². The van der Waals surface area contributed by atoms with E-state index < -0.39 is 6.04 Å². The molecule has 4 rings (SSSR count). The van der Waals surface area contributed by atoms with Crippen LogP contribution in [0.3, 0.4) is 0 Å². The first-order valence-electron chi connectivity index (χ1n) is 9.44. The number of benzene rings is 2. The van der Waals surface area contributed by atoms with Crippen LogP contribution in [0.15, 0.2) is 53.1 Å². The maximum Gasteiger partial charge on any atom is 0.260 e. The van der Waals surface area contributed by atoms with E-state index in [-0.39, 0.29) is 11.8 Å². The number of carbonyl (C=O) groups is 2. The Hall–Kier alpha value is -2.83. The van der Waals surface area contributed by atoms with Crippen molar-refractivity contribution in [1.82, 2.24) is 10.1 Å². The van der Waals surface area contributed by atoms with Crippen LogP contribution in [-0.4, -0.2) is 41.5 Å². The molecule has 6 nitrogen and oxygen atoms in total. The molecule has 1 aliphatic heterocycles. The van der Waals surface area contributed by atoms with E-state index in [2.05, 4.69) is 5.16 Å². The van der Waals surface area contributed by atoms with Gasteiger partial charge >= 0.3 is 0 Å². The minimum Gasteiger partial charge on any atom is -0.360 e. The monoisotopic (exact) mass is 443 g/mol. The molecule has 2 aromatic carbocycles. The zero-order valence-corrected chi connectivity index (χ0v) is 17.9. The van der Waals surface area contributed by atoms with E-state index in [1.54, 1.807) is 49.2 Å². The van der Waals surface area contributed by atoms with E-state index in [0.29, 0.717) is 51.3 Å². The van der Waals surface area contributed by atoms with Gasteiger partial charge in [-0.3, -0.25) is 9.59 Å². The number of nitrogens with zero attached hydrogens (tertiary/aromatic N) is 3. The molecule has 1 fully saturated rings. The Morgan fingerprint density at radius 2 is 1.80 bits per heavy atom. The number of halogens is 2. The number of aryl methyl sites for hydroxylation is 1. The second-order valence-corrected chi connectivity index (χ2v) is 7.92. The minimum atomic E-state index is -0.609. The van der Waals surface area contributed by atoms with Crippen molar-refractivity contribution in [1.29, 1.82) is 0 Å². The number of likely N-dealkylation sites (N-methyl/N-ethyl adjacent to an activating group) is 1. The molecule has 1 saturated heterocycles. The van der Waals surface area contributed by atoms with Crippen molar-refractivity contribution in [2.45, 2.75) is 19.4 Å². The lowest BCUT2D eigenvalue weighted by atomic mass is 10.0. The van der Waals surface area contributed by atoms with Crippen LogP contribution in [-0.2, 0) is 4.79 Å². The van der Waals surface area contributed by atoms with Gasteiger partial charge in [0.05, 0.1) is 15.7 Å². The number of para-hydroxylation sites is 1. The van der Waals surface area contributed by atoms with Gasteiger partial charge in [0.2, 0.25) is 5.91 Å². The molecule has 2 amide bonds. The Kier molecular flexibility index (Phi) is 5.54. The van der Waals surface area contributed by atoms with Crippen LogP contribution in [0.1, 0.15) is 22.5 Å². The molecule has 0 N–H and O–H groups in total. The average Bonchev–Trinajstić information content (AvgIpc) is 3.30. The van der Waals surface area contributed by atoms with Gasteiger partial charge in [0.1, 0.15) is 23.1 Å². The van der Waals surface area contributed by atoms with Gasteiger partial charge in [-0.05, 0) is 31.5 Å². The fourth-order valence-corrected chi connectivity index (χ4v) is 4.18. The third-order valence-corrected chi connectivity index (χ3v) is 5.96. The Morgan fingerprint density at radius 1 is 1.13 bits per heavy atom. The van der Waals surface area contributed by atoms with E-state index in [1.807, 2.05) is 18.2 Å². The predicted molar refractivity (Wildman–Crippen MR) is 116 cm³/mol. The van der Waals surface area contributed by atoms with Crippen molar-refractivity contribution in [2.24, 2.45) is 0 Å². The van der Waals surface area contributed by atoms with Gasteiger partial charge in [0.25, 0.3) is 5.91 Å². The first kappa shape index (κ1) is 20.4. The largest absolute Gasteiger partial charge is 0.360 e. The summed E-state index contributed by atoms with van der Waals surface area (Å²) in [6.07, 6.45) is 0.498. The van der Waals surface area contributed by atoms with Gasteiger partial charge in [-0.15, -0.1) is 0 Å². The van der Waals surface area contributed by atoms with Crippen molar-refractivity contribution in [3.63, 3.8) is 0 Å². The van der Waals surface area contributed by atoms with Crippen molar-refractivity contribution >= 4 is 40.7 Å². The SMILES string of the molecule is Cc1onc(-c2ccccc2Cl)c1C(=O)N(C)[C@@H]1CCN(c2ccccc2Cl)C1=O. The van der Waals surface area contributed by atoms with Crippen LogP contribution in [0.4, 0.5) is 5.69 Å². The van der Waals surface area contributed by atoms with Gasteiger partial charge in [0, 0.05) is 19.2 Å². The third-order valence-electron chi connectivity index (χ3n) is 5.31. The normalized spacial score (nSPS) is 16.2. The summed E-state index contributed by atoms with van der Waals surface area (Å²) in [5.41, 5.74) is 1.91. The maximum atomic E-state index is 13.4. The predicted octanol–water partition coefficient (Wildman–Crippen LogP) is 4.83. The van der Waals surface area contributed by atoms with Crippen LogP contribution in [0.2, 0.25) is 10.0 Å². The van der Waals surface area contributed by atoms with Crippen LogP contribution >= 0.6 is 23.2 Å². The summed E-state index contributed by atoms with van der Waals surface area (Å²) >= 11 is 12.6. The minimum absolute atomic E-state index is 0.174. The second kappa shape index (κ2) is 8.13. The highest BCUT2D eigenvalue weighted by atomic mass is 35.5. The highest BCUT2D eigenvalue weighted by Gasteiger charge is 2.39. The fraction of sp³-hybridized carbons (Fsp3) is 0.227. The molecule has 0 saturated carbocycles. The van der Waals surface area contributed by atoms with Crippen LogP contribution in [0.25, 0.3) is 11.3 Å². The van der Waals surface area contributed by atoms with E-state index in [4.69, 9.17) is 27.7 Å². The van der Waals surface area contributed by atoms with Crippen LogP contribution < -0.4 is 4.90 Å². The Balaban J connectivity index is 1.63. The van der Waals surface area contributed by atoms with E-state index in [0.717, 1.165) is 0 Å². The lowest BCUT2D eigenvalue weighted by Gasteiger charge is -2.24.